The molecule has 0 fully saturated rings. The highest BCUT2D eigenvalue weighted by atomic mass is 35.5. The zero-order valence-electron chi connectivity index (χ0n) is 18.1. The molecule has 0 aromatic heterocycles. The van der Waals surface area contributed by atoms with E-state index in [2.05, 4.69) is 5.32 Å². The van der Waals surface area contributed by atoms with Gasteiger partial charge in [-0.2, -0.15) is 0 Å². The van der Waals surface area contributed by atoms with Crippen LogP contribution >= 0.6 is 46.4 Å². The fraction of sp³-hybridized carbons (Fsp3) is 0.391. The van der Waals surface area contributed by atoms with Crippen LogP contribution in [0, 0.1) is 0 Å². The van der Waals surface area contributed by atoms with Gasteiger partial charge in [0.1, 0.15) is 11.8 Å². The molecule has 2 rings (SSSR count). The van der Waals surface area contributed by atoms with Gasteiger partial charge in [-0.05, 0) is 50.1 Å². The molecule has 0 aliphatic heterocycles. The average molecular weight is 520 g/mol. The Hall–Kier alpha value is -1.66. The number of halogens is 4. The van der Waals surface area contributed by atoms with Gasteiger partial charge in [-0.3, -0.25) is 9.59 Å². The molecular weight excluding hydrogens is 494 g/mol. The van der Waals surface area contributed by atoms with Crippen LogP contribution in [0.15, 0.2) is 36.4 Å². The Bertz CT molecular complexity index is 935. The summed E-state index contributed by atoms with van der Waals surface area (Å²) in [6.07, 6.45) is 1.17. The summed E-state index contributed by atoms with van der Waals surface area (Å²) in [6, 6.07) is 9.07. The molecule has 0 spiro atoms. The third kappa shape index (κ3) is 7.17. The molecule has 9 heteroatoms. The molecular formula is C23H26Cl4N2O3. The molecule has 0 radical (unpaired) electrons. The molecule has 2 atom stereocenters. The van der Waals surface area contributed by atoms with Crippen molar-refractivity contribution in [2.45, 2.75) is 52.2 Å². The summed E-state index contributed by atoms with van der Waals surface area (Å²) in [4.78, 5) is 27.7. The van der Waals surface area contributed by atoms with E-state index >= 15 is 0 Å². The summed E-state index contributed by atoms with van der Waals surface area (Å²) in [5.74, 6) is -0.335. The maximum absolute atomic E-state index is 13.2. The van der Waals surface area contributed by atoms with Gasteiger partial charge in [0.15, 0.2) is 6.61 Å². The van der Waals surface area contributed by atoms with E-state index in [4.69, 9.17) is 51.1 Å². The lowest BCUT2D eigenvalue weighted by molar-refractivity contribution is -0.143. The number of benzene rings is 2. The Morgan fingerprint density at radius 3 is 2.22 bits per heavy atom. The van der Waals surface area contributed by atoms with Gasteiger partial charge in [-0.15, -0.1) is 0 Å². The molecule has 0 saturated carbocycles. The molecule has 2 amide bonds. The molecule has 0 saturated heterocycles. The first-order valence-electron chi connectivity index (χ1n) is 10.3. The summed E-state index contributed by atoms with van der Waals surface area (Å²) in [5.41, 5.74) is 0.559. The second-order valence-corrected chi connectivity index (χ2v) is 8.99. The molecule has 174 valence electrons. The highest BCUT2D eigenvalue weighted by molar-refractivity contribution is 6.36. The molecule has 0 heterocycles. The number of carbonyl (C=O) groups is 2. The standard InChI is InChI=1S/C23H26Cl4N2O3/c1-4-14(3)28-23(31)20(5-2)29(12-16-17(25)7-6-8-18(16)26)22(30)13-32-21-10-9-15(24)11-19(21)27/h6-11,14,20H,4-5,12-13H2,1-3H3,(H,28,31)/t14-,20-/m0/s1. The first-order chi connectivity index (χ1) is 15.2. The van der Waals surface area contributed by atoms with E-state index in [0.29, 0.717) is 32.8 Å². The first-order valence-corrected chi connectivity index (χ1v) is 11.8. The minimum absolute atomic E-state index is 0.0264. The number of carbonyl (C=O) groups excluding carboxylic acids is 2. The Kier molecular flexibility index (Phi) is 10.4. The number of amides is 2. The monoisotopic (exact) mass is 518 g/mol. The highest BCUT2D eigenvalue weighted by Crippen LogP contribution is 2.29. The zero-order chi connectivity index (χ0) is 23.8. The maximum atomic E-state index is 13.2. The van der Waals surface area contributed by atoms with E-state index in [9.17, 15) is 9.59 Å². The average Bonchev–Trinajstić information content (AvgIpc) is 2.74. The summed E-state index contributed by atoms with van der Waals surface area (Å²) in [6.45, 7) is 5.46. The van der Waals surface area contributed by atoms with E-state index in [0.717, 1.165) is 6.42 Å². The van der Waals surface area contributed by atoms with Crippen LogP contribution in [-0.4, -0.2) is 35.4 Å². The Morgan fingerprint density at radius 1 is 1.00 bits per heavy atom. The van der Waals surface area contributed by atoms with Crippen molar-refractivity contribution in [3.8, 4) is 5.75 Å². The SMILES string of the molecule is CC[C@H](C)NC(=O)[C@H](CC)N(Cc1c(Cl)cccc1Cl)C(=O)COc1ccc(Cl)cc1Cl. The zero-order valence-corrected chi connectivity index (χ0v) is 21.2. The third-order valence-electron chi connectivity index (χ3n) is 5.02. The first kappa shape index (κ1) is 26.6. The summed E-state index contributed by atoms with van der Waals surface area (Å²) in [7, 11) is 0. The van der Waals surface area contributed by atoms with E-state index in [-0.39, 0.29) is 30.1 Å². The summed E-state index contributed by atoms with van der Waals surface area (Å²) >= 11 is 24.7. The van der Waals surface area contributed by atoms with Crippen molar-refractivity contribution in [2.75, 3.05) is 6.61 Å². The van der Waals surface area contributed by atoms with Gasteiger partial charge in [0.05, 0.1) is 5.02 Å². The van der Waals surface area contributed by atoms with Crippen LogP contribution in [0.5, 0.6) is 5.75 Å². The number of rotatable bonds is 10. The van der Waals surface area contributed by atoms with Crippen LogP contribution in [0.4, 0.5) is 0 Å². The fourth-order valence-corrected chi connectivity index (χ4v) is 4.01. The van der Waals surface area contributed by atoms with Crippen molar-refractivity contribution in [1.82, 2.24) is 10.2 Å². The van der Waals surface area contributed by atoms with E-state index in [1.54, 1.807) is 30.3 Å². The topological polar surface area (TPSA) is 58.6 Å². The number of hydrogen-bond donors (Lipinski definition) is 1. The minimum atomic E-state index is -0.729. The van der Waals surface area contributed by atoms with Crippen molar-refractivity contribution in [1.29, 1.82) is 0 Å². The molecule has 0 aliphatic carbocycles. The second kappa shape index (κ2) is 12.5. The molecule has 0 aliphatic rings. The van der Waals surface area contributed by atoms with Crippen LogP contribution in [0.3, 0.4) is 0 Å². The number of nitrogens with zero attached hydrogens (tertiary/aromatic N) is 1. The van der Waals surface area contributed by atoms with E-state index in [1.807, 2.05) is 20.8 Å². The Labute approximate surface area is 208 Å². The van der Waals surface area contributed by atoms with Gasteiger partial charge in [0.2, 0.25) is 5.91 Å². The number of nitrogens with one attached hydrogen (secondary N) is 1. The van der Waals surface area contributed by atoms with Gasteiger partial charge in [-0.1, -0.05) is 66.3 Å². The van der Waals surface area contributed by atoms with E-state index in [1.165, 1.54) is 11.0 Å². The number of hydrogen-bond acceptors (Lipinski definition) is 3. The van der Waals surface area contributed by atoms with Gasteiger partial charge in [-0.25, -0.2) is 0 Å². The van der Waals surface area contributed by atoms with Gasteiger partial charge < -0.3 is 15.0 Å². The van der Waals surface area contributed by atoms with Gasteiger partial charge >= 0.3 is 0 Å². The minimum Gasteiger partial charge on any atom is -0.482 e. The van der Waals surface area contributed by atoms with Crippen LogP contribution in [0.25, 0.3) is 0 Å². The summed E-state index contributed by atoms with van der Waals surface area (Å²) in [5, 5.41) is 4.51. The van der Waals surface area contributed by atoms with Crippen molar-refractivity contribution < 1.29 is 14.3 Å². The quantitative estimate of drug-likeness (QED) is 0.395. The van der Waals surface area contributed by atoms with Crippen molar-refractivity contribution >= 4 is 58.2 Å². The van der Waals surface area contributed by atoms with Crippen LogP contribution in [0.1, 0.15) is 39.2 Å². The lowest BCUT2D eigenvalue weighted by Crippen LogP contribution is -2.51. The molecule has 0 unspecified atom stereocenters. The molecule has 2 aromatic carbocycles. The predicted octanol–water partition coefficient (Wildman–Crippen LogP) is 6.40. The third-order valence-corrected chi connectivity index (χ3v) is 6.26. The van der Waals surface area contributed by atoms with Crippen molar-refractivity contribution in [3.63, 3.8) is 0 Å². The smallest absolute Gasteiger partial charge is 0.261 e. The maximum Gasteiger partial charge on any atom is 0.261 e. The van der Waals surface area contributed by atoms with Gasteiger partial charge in [0, 0.05) is 33.2 Å². The highest BCUT2D eigenvalue weighted by Gasteiger charge is 2.30. The van der Waals surface area contributed by atoms with Crippen LogP contribution in [-0.2, 0) is 16.1 Å². The van der Waals surface area contributed by atoms with Crippen LogP contribution < -0.4 is 10.1 Å². The second-order valence-electron chi connectivity index (χ2n) is 7.33. The Balaban J connectivity index is 2.30. The Morgan fingerprint density at radius 2 is 1.66 bits per heavy atom. The summed E-state index contributed by atoms with van der Waals surface area (Å²) < 4.78 is 5.63. The number of ether oxygens (including phenoxy) is 1. The molecule has 1 N–H and O–H groups in total. The normalized spacial score (nSPS) is 12.7. The fourth-order valence-electron chi connectivity index (χ4n) is 3.03. The van der Waals surface area contributed by atoms with Gasteiger partial charge in [0.25, 0.3) is 5.91 Å². The van der Waals surface area contributed by atoms with E-state index < -0.39 is 11.9 Å². The lowest BCUT2D eigenvalue weighted by atomic mass is 10.1. The largest absolute Gasteiger partial charge is 0.482 e. The lowest BCUT2D eigenvalue weighted by Gasteiger charge is -2.32. The van der Waals surface area contributed by atoms with Crippen molar-refractivity contribution in [2.24, 2.45) is 0 Å². The van der Waals surface area contributed by atoms with Crippen LogP contribution in [0.2, 0.25) is 20.1 Å². The molecule has 0 bridgehead atoms. The predicted molar refractivity (Wildman–Crippen MR) is 131 cm³/mol. The molecule has 32 heavy (non-hydrogen) atoms. The molecule has 5 nitrogen and oxygen atoms in total. The van der Waals surface area contributed by atoms with Crippen molar-refractivity contribution in [3.05, 3.63) is 62.1 Å². The molecule has 2 aromatic rings.